The number of halogens is 4. The Kier molecular flexibility index (Phi) is 15.1. The molecule has 2 aromatic carbocycles. The number of benzene rings is 2. The molecular formula is C42H54ClF3N8O8. The number of piperazine rings is 1. The first-order valence-corrected chi connectivity index (χ1v) is 21.3. The Morgan fingerprint density at radius 3 is 2.18 bits per heavy atom. The van der Waals surface area contributed by atoms with Gasteiger partial charge in [-0.1, -0.05) is 29.8 Å². The number of nitrogens with zero attached hydrogens (tertiary/aromatic N) is 6. The summed E-state index contributed by atoms with van der Waals surface area (Å²) in [5, 5.41) is 2.63. The van der Waals surface area contributed by atoms with E-state index in [2.05, 4.69) is 10.2 Å². The average molecular weight is 891 g/mol. The number of piperidine rings is 2. The minimum Gasteiger partial charge on any atom is -0.456 e. The maximum Gasteiger partial charge on any atom is 0.418 e. The second-order valence-corrected chi connectivity index (χ2v) is 16.7. The van der Waals surface area contributed by atoms with Crippen LogP contribution >= 0.6 is 11.6 Å². The Morgan fingerprint density at radius 1 is 0.871 bits per heavy atom. The number of alkyl halides is 3. The van der Waals surface area contributed by atoms with Crippen LogP contribution in [0, 0.1) is 0 Å². The van der Waals surface area contributed by atoms with Gasteiger partial charge in [0, 0.05) is 104 Å². The van der Waals surface area contributed by atoms with Crippen molar-refractivity contribution in [3.05, 3.63) is 58.1 Å². The first-order valence-electron chi connectivity index (χ1n) is 20.9. The summed E-state index contributed by atoms with van der Waals surface area (Å²) >= 11 is 6.14. The number of para-hydroxylation sites is 1. The lowest BCUT2D eigenvalue weighted by molar-refractivity contribution is -0.152. The first kappa shape index (κ1) is 46.2. The summed E-state index contributed by atoms with van der Waals surface area (Å²) in [7, 11) is 3.10. The minimum absolute atomic E-state index is 0.0193. The number of likely N-dealkylation sites (tertiary alicyclic amines) is 2. The van der Waals surface area contributed by atoms with E-state index in [1.54, 1.807) is 28.8 Å². The van der Waals surface area contributed by atoms with Gasteiger partial charge < -0.3 is 45.0 Å². The molecule has 0 aromatic heterocycles. The standard InChI is InChI=1S/C42H54ClF3N8O8/c1-49(2)36(56)26-61-37(57)8-7-35(55)51-14-10-29(11-15-51)50-19-21-52(22-20-50)39(58)34(25-27-23-31(42(44,45)46)38(47)32(43)24-27)62-41(60)53-16-12-30(13-17-53)54-18-9-28-5-3-4-6-33(28)48-40(54)59/h3-6,23-24,29-30,34H,7-22,25-26,47H2,1-2H3,(H,48,59)/t34-/m1/s1. The third-order valence-electron chi connectivity index (χ3n) is 12.1. The monoisotopic (exact) mass is 890 g/mol. The van der Waals surface area contributed by atoms with Crippen molar-refractivity contribution in [1.29, 1.82) is 0 Å². The van der Waals surface area contributed by atoms with Crippen LogP contribution in [0.25, 0.3) is 0 Å². The van der Waals surface area contributed by atoms with Crippen LogP contribution in [0.15, 0.2) is 36.4 Å². The van der Waals surface area contributed by atoms with Gasteiger partial charge in [-0.3, -0.25) is 24.1 Å². The number of nitrogens with one attached hydrogen (secondary N) is 1. The molecule has 0 radical (unpaired) electrons. The molecule has 0 spiro atoms. The Hall–Kier alpha value is -5.30. The van der Waals surface area contributed by atoms with Gasteiger partial charge >= 0.3 is 24.3 Å². The number of hydrogen-bond donors (Lipinski definition) is 2. The molecule has 3 N–H and O–H groups in total. The van der Waals surface area contributed by atoms with E-state index in [1.165, 1.54) is 15.9 Å². The fourth-order valence-corrected chi connectivity index (χ4v) is 8.66. The number of urea groups is 1. The second kappa shape index (κ2) is 20.3. The van der Waals surface area contributed by atoms with Crippen LogP contribution in [-0.4, -0.2) is 163 Å². The van der Waals surface area contributed by atoms with Crippen molar-refractivity contribution in [3.63, 3.8) is 0 Å². The maximum absolute atomic E-state index is 14.2. The molecule has 338 valence electrons. The van der Waals surface area contributed by atoms with Crippen LogP contribution in [0.3, 0.4) is 0 Å². The highest BCUT2D eigenvalue weighted by Gasteiger charge is 2.39. The lowest BCUT2D eigenvalue weighted by Crippen LogP contribution is -2.57. The van der Waals surface area contributed by atoms with E-state index >= 15 is 0 Å². The summed E-state index contributed by atoms with van der Waals surface area (Å²) in [5.74, 6) is -1.72. The Balaban J connectivity index is 1.03. The zero-order valence-corrected chi connectivity index (χ0v) is 35.7. The summed E-state index contributed by atoms with van der Waals surface area (Å²) in [4.78, 5) is 87.6. The highest BCUT2D eigenvalue weighted by Crippen LogP contribution is 2.38. The molecule has 16 nitrogen and oxygen atoms in total. The van der Waals surface area contributed by atoms with E-state index in [9.17, 15) is 41.9 Å². The molecule has 0 aliphatic carbocycles. The van der Waals surface area contributed by atoms with Crippen molar-refractivity contribution < 1.29 is 51.4 Å². The predicted molar refractivity (Wildman–Crippen MR) is 222 cm³/mol. The van der Waals surface area contributed by atoms with Crippen LogP contribution in [0.5, 0.6) is 0 Å². The first-order chi connectivity index (χ1) is 29.5. The van der Waals surface area contributed by atoms with Crippen molar-refractivity contribution in [3.8, 4) is 0 Å². The lowest BCUT2D eigenvalue weighted by atomic mass is 10.0. The molecule has 3 saturated heterocycles. The van der Waals surface area contributed by atoms with Gasteiger partial charge in [-0.15, -0.1) is 0 Å². The number of hydrogen-bond acceptors (Lipinski definition) is 10. The maximum atomic E-state index is 14.2. The van der Waals surface area contributed by atoms with Crippen molar-refractivity contribution in [2.24, 2.45) is 0 Å². The SMILES string of the molecule is CN(C)C(=O)COC(=O)CCC(=O)N1CCC(N2CCN(C(=O)[C@@H](Cc3cc(Cl)c(N)c(C(F)(F)F)c3)OC(=O)N3CCC(N4CCc5ccccc5NC4=O)CC3)CC2)CC1. The summed E-state index contributed by atoms with van der Waals surface area (Å²) < 4.78 is 52.6. The molecule has 4 aliphatic heterocycles. The highest BCUT2D eigenvalue weighted by molar-refractivity contribution is 6.33. The summed E-state index contributed by atoms with van der Waals surface area (Å²) in [6, 6.07) is 9.44. The smallest absolute Gasteiger partial charge is 0.418 e. The van der Waals surface area contributed by atoms with Crippen molar-refractivity contribution in [2.75, 3.05) is 90.7 Å². The largest absolute Gasteiger partial charge is 0.456 e. The van der Waals surface area contributed by atoms with Gasteiger partial charge in [0.2, 0.25) is 5.91 Å². The number of nitrogens with two attached hydrogens (primary N) is 1. The number of rotatable bonds is 11. The predicted octanol–water partition coefficient (Wildman–Crippen LogP) is 4.09. The fraction of sp³-hybridized carbons (Fsp3) is 0.571. The minimum atomic E-state index is -4.82. The van der Waals surface area contributed by atoms with E-state index in [0.717, 1.165) is 17.3 Å². The molecule has 2 aromatic rings. The molecule has 6 amide bonds. The molecule has 0 unspecified atom stereocenters. The highest BCUT2D eigenvalue weighted by atomic mass is 35.5. The number of anilines is 2. The van der Waals surface area contributed by atoms with Crippen molar-refractivity contribution in [2.45, 2.75) is 75.7 Å². The number of amides is 6. The third kappa shape index (κ3) is 11.6. The number of carbonyl (C=O) groups is 6. The number of esters is 1. The summed E-state index contributed by atoms with van der Waals surface area (Å²) in [6.07, 6.45) is -4.67. The van der Waals surface area contributed by atoms with Gasteiger partial charge in [0.25, 0.3) is 11.8 Å². The number of nitrogen functional groups attached to an aromatic ring is 1. The molecule has 20 heteroatoms. The molecule has 0 saturated carbocycles. The van der Waals surface area contributed by atoms with Crippen LogP contribution in [0.1, 0.15) is 55.2 Å². The Labute approximate surface area is 363 Å². The third-order valence-corrected chi connectivity index (χ3v) is 12.4. The molecule has 4 aliphatic rings. The van der Waals surface area contributed by atoms with E-state index < -0.39 is 41.5 Å². The Morgan fingerprint density at radius 2 is 1.52 bits per heavy atom. The van der Waals surface area contributed by atoms with Crippen LogP contribution < -0.4 is 11.1 Å². The summed E-state index contributed by atoms with van der Waals surface area (Å²) in [5.41, 5.74) is 5.70. The van der Waals surface area contributed by atoms with Crippen molar-refractivity contribution >= 4 is 58.8 Å². The van der Waals surface area contributed by atoms with Gasteiger partial charge in [0.1, 0.15) is 0 Å². The van der Waals surface area contributed by atoms with E-state index in [1.807, 2.05) is 24.3 Å². The number of fused-ring (bicyclic) bond motifs is 1. The van der Waals surface area contributed by atoms with E-state index in [-0.39, 0.29) is 92.6 Å². The fourth-order valence-electron chi connectivity index (χ4n) is 8.42. The normalized spacial score (nSPS) is 18.6. The van der Waals surface area contributed by atoms with Gasteiger partial charge in [-0.05, 0) is 61.4 Å². The summed E-state index contributed by atoms with van der Waals surface area (Å²) in [6.45, 7) is 3.08. The average Bonchev–Trinajstić information content (AvgIpc) is 3.42. The number of ether oxygens (including phenoxy) is 2. The van der Waals surface area contributed by atoms with Gasteiger partial charge in [-0.25, -0.2) is 9.59 Å². The second-order valence-electron chi connectivity index (χ2n) is 16.3. The Bertz CT molecular complexity index is 1980. The zero-order valence-electron chi connectivity index (χ0n) is 35.0. The molecule has 1 atom stereocenters. The molecule has 6 rings (SSSR count). The molecule has 62 heavy (non-hydrogen) atoms. The van der Waals surface area contributed by atoms with E-state index in [0.29, 0.717) is 64.8 Å². The quantitative estimate of drug-likeness (QED) is 0.247. The lowest BCUT2D eigenvalue weighted by Gasteiger charge is -2.43. The van der Waals surface area contributed by atoms with Gasteiger partial charge in [0.15, 0.2) is 12.7 Å². The van der Waals surface area contributed by atoms with Crippen LogP contribution in [-0.2, 0) is 47.7 Å². The zero-order chi connectivity index (χ0) is 44.7. The molecular weight excluding hydrogens is 837 g/mol. The number of carbonyl (C=O) groups excluding carboxylic acids is 6. The van der Waals surface area contributed by atoms with Gasteiger partial charge in [-0.2, -0.15) is 13.2 Å². The topological polar surface area (TPSA) is 178 Å². The van der Waals surface area contributed by atoms with Crippen LogP contribution in [0.2, 0.25) is 5.02 Å². The van der Waals surface area contributed by atoms with Crippen LogP contribution in [0.4, 0.5) is 34.1 Å². The number of likely N-dealkylation sites (N-methyl/N-ethyl adjacent to an activating group) is 1. The molecule has 0 bridgehead atoms. The van der Waals surface area contributed by atoms with E-state index in [4.69, 9.17) is 26.8 Å². The molecule has 3 fully saturated rings. The van der Waals surface area contributed by atoms with Crippen molar-refractivity contribution in [1.82, 2.24) is 29.4 Å². The molecule has 4 heterocycles. The van der Waals surface area contributed by atoms with Gasteiger partial charge in [0.05, 0.1) is 22.7 Å².